The van der Waals surface area contributed by atoms with Gasteiger partial charge >= 0.3 is 0 Å². The van der Waals surface area contributed by atoms with Gasteiger partial charge in [-0.15, -0.1) is 0 Å². The standard InChI is InChI=1S/C24H34N2O/c1-16(2)24(17(3)4)26-23(27)15-18-9-11-19(12-10-18)20-13-14-25-22-8-6-5-7-21(20)22/h5-8,13-14,16-19,24H,9-12,15H2,1-4H3,(H,26,27)/t18-,19+. The molecule has 1 amide bonds. The highest BCUT2D eigenvalue weighted by molar-refractivity contribution is 5.82. The summed E-state index contributed by atoms with van der Waals surface area (Å²) in [5.74, 6) is 2.31. The first-order chi connectivity index (χ1) is 13.0. The lowest BCUT2D eigenvalue weighted by Gasteiger charge is -2.31. The van der Waals surface area contributed by atoms with Crippen LogP contribution in [-0.4, -0.2) is 16.9 Å². The number of hydrogen-bond acceptors (Lipinski definition) is 2. The molecular formula is C24H34N2O. The lowest BCUT2D eigenvalue weighted by molar-refractivity contribution is -0.123. The molecule has 0 saturated heterocycles. The summed E-state index contributed by atoms with van der Waals surface area (Å²) >= 11 is 0. The van der Waals surface area contributed by atoms with E-state index >= 15 is 0 Å². The Balaban J connectivity index is 1.56. The summed E-state index contributed by atoms with van der Waals surface area (Å²) in [7, 11) is 0. The van der Waals surface area contributed by atoms with Crippen molar-refractivity contribution in [2.24, 2.45) is 17.8 Å². The fourth-order valence-corrected chi connectivity index (χ4v) is 4.76. The van der Waals surface area contributed by atoms with Gasteiger partial charge in [0.1, 0.15) is 0 Å². The zero-order chi connectivity index (χ0) is 19.4. The molecule has 146 valence electrons. The first kappa shape index (κ1) is 19.9. The predicted molar refractivity (Wildman–Crippen MR) is 113 cm³/mol. The van der Waals surface area contributed by atoms with E-state index in [1.54, 1.807) is 0 Å². The SMILES string of the molecule is CC(C)C(NC(=O)C[C@H]1CC[C@@H](c2ccnc3ccccc32)CC1)C(C)C. The molecule has 3 heteroatoms. The second-order valence-electron chi connectivity index (χ2n) is 8.92. The summed E-state index contributed by atoms with van der Waals surface area (Å²) in [6.45, 7) is 8.76. The van der Waals surface area contributed by atoms with Gasteiger partial charge in [0.2, 0.25) is 5.91 Å². The molecule has 27 heavy (non-hydrogen) atoms. The van der Waals surface area contributed by atoms with Crippen LogP contribution in [-0.2, 0) is 4.79 Å². The van der Waals surface area contributed by atoms with E-state index in [0.29, 0.717) is 30.1 Å². The van der Waals surface area contributed by atoms with Crippen LogP contribution in [0.1, 0.15) is 71.3 Å². The molecule has 1 aliphatic rings. The molecule has 1 fully saturated rings. The van der Waals surface area contributed by atoms with Crippen LogP contribution in [0.5, 0.6) is 0 Å². The number of nitrogens with zero attached hydrogens (tertiary/aromatic N) is 1. The van der Waals surface area contributed by atoms with E-state index in [1.165, 1.54) is 23.8 Å². The Bertz CT molecular complexity index is 747. The third-order valence-electron chi connectivity index (χ3n) is 6.21. The van der Waals surface area contributed by atoms with Crippen LogP contribution in [0.15, 0.2) is 36.5 Å². The van der Waals surface area contributed by atoms with Gasteiger partial charge in [-0.05, 0) is 67.1 Å². The van der Waals surface area contributed by atoms with E-state index < -0.39 is 0 Å². The van der Waals surface area contributed by atoms with Gasteiger partial charge in [0.05, 0.1) is 5.52 Å². The zero-order valence-electron chi connectivity index (χ0n) is 17.2. The number of carbonyl (C=O) groups excluding carboxylic acids is 1. The summed E-state index contributed by atoms with van der Waals surface area (Å²) in [6.07, 6.45) is 7.24. The van der Waals surface area contributed by atoms with Crippen LogP contribution >= 0.6 is 0 Å². The monoisotopic (exact) mass is 366 g/mol. The van der Waals surface area contributed by atoms with Crippen molar-refractivity contribution in [3.05, 3.63) is 42.1 Å². The average molecular weight is 367 g/mol. The zero-order valence-corrected chi connectivity index (χ0v) is 17.2. The molecule has 0 atom stereocenters. The van der Waals surface area contributed by atoms with Crippen LogP contribution in [0.25, 0.3) is 10.9 Å². The summed E-state index contributed by atoms with van der Waals surface area (Å²) in [6, 6.07) is 10.9. The Morgan fingerprint density at radius 2 is 1.70 bits per heavy atom. The Labute approximate surface area is 164 Å². The third-order valence-corrected chi connectivity index (χ3v) is 6.21. The minimum absolute atomic E-state index is 0.236. The maximum Gasteiger partial charge on any atom is 0.220 e. The van der Waals surface area contributed by atoms with Crippen molar-refractivity contribution in [3.8, 4) is 0 Å². The topological polar surface area (TPSA) is 42.0 Å². The van der Waals surface area contributed by atoms with Crippen LogP contribution in [0, 0.1) is 17.8 Å². The van der Waals surface area contributed by atoms with Gasteiger partial charge < -0.3 is 5.32 Å². The number of aromatic nitrogens is 1. The third kappa shape index (κ3) is 4.88. The quantitative estimate of drug-likeness (QED) is 0.713. The van der Waals surface area contributed by atoms with E-state index in [1.807, 2.05) is 6.20 Å². The number of fused-ring (bicyclic) bond motifs is 1. The molecule has 1 N–H and O–H groups in total. The van der Waals surface area contributed by atoms with Crippen molar-refractivity contribution in [2.75, 3.05) is 0 Å². The minimum Gasteiger partial charge on any atom is -0.353 e. The molecule has 0 radical (unpaired) electrons. The van der Waals surface area contributed by atoms with Gasteiger partial charge in [0, 0.05) is 24.0 Å². The van der Waals surface area contributed by atoms with Gasteiger partial charge in [-0.3, -0.25) is 9.78 Å². The predicted octanol–water partition coefficient (Wildman–Crippen LogP) is 5.70. The van der Waals surface area contributed by atoms with Gasteiger partial charge in [-0.1, -0.05) is 45.9 Å². The van der Waals surface area contributed by atoms with E-state index in [2.05, 4.69) is 68.3 Å². The maximum absolute atomic E-state index is 12.5. The number of pyridine rings is 1. The number of amides is 1. The van der Waals surface area contributed by atoms with Crippen LogP contribution in [0.4, 0.5) is 0 Å². The molecule has 1 saturated carbocycles. The molecule has 3 nitrogen and oxygen atoms in total. The highest BCUT2D eigenvalue weighted by atomic mass is 16.1. The van der Waals surface area contributed by atoms with Gasteiger partial charge in [-0.2, -0.15) is 0 Å². The smallest absolute Gasteiger partial charge is 0.220 e. The molecule has 1 aromatic carbocycles. The van der Waals surface area contributed by atoms with Gasteiger partial charge in [-0.25, -0.2) is 0 Å². The van der Waals surface area contributed by atoms with Crippen molar-refractivity contribution in [1.29, 1.82) is 0 Å². The van der Waals surface area contributed by atoms with Gasteiger partial charge in [0.25, 0.3) is 0 Å². The Morgan fingerprint density at radius 1 is 1.04 bits per heavy atom. The molecule has 3 rings (SSSR count). The van der Waals surface area contributed by atoms with Crippen molar-refractivity contribution >= 4 is 16.8 Å². The van der Waals surface area contributed by atoms with Crippen molar-refractivity contribution in [2.45, 2.75) is 71.8 Å². The van der Waals surface area contributed by atoms with E-state index in [9.17, 15) is 4.79 Å². The molecule has 1 aromatic heterocycles. The molecule has 0 aliphatic heterocycles. The molecule has 1 aliphatic carbocycles. The summed E-state index contributed by atoms with van der Waals surface area (Å²) < 4.78 is 0. The lowest BCUT2D eigenvalue weighted by Crippen LogP contribution is -2.42. The van der Waals surface area contributed by atoms with E-state index in [0.717, 1.165) is 18.4 Å². The fraction of sp³-hybridized carbons (Fsp3) is 0.583. The molecule has 1 heterocycles. The van der Waals surface area contributed by atoms with Crippen LogP contribution in [0.2, 0.25) is 0 Å². The summed E-state index contributed by atoms with van der Waals surface area (Å²) in [4.78, 5) is 17.0. The Kier molecular flexibility index (Phi) is 6.51. The maximum atomic E-state index is 12.5. The van der Waals surface area contributed by atoms with Gasteiger partial charge in [0.15, 0.2) is 0 Å². The molecule has 0 unspecified atom stereocenters. The number of para-hydroxylation sites is 1. The summed E-state index contributed by atoms with van der Waals surface area (Å²) in [5.41, 5.74) is 2.52. The first-order valence-electron chi connectivity index (χ1n) is 10.6. The van der Waals surface area contributed by atoms with E-state index in [-0.39, 0.29) is 11.9 Å². The Hall–Kier alpha value is -1.90. The molecular weight excluding hydrogens is 332 g/mol. The van der Waals surface area contributed by atoms with Crippen LogP contribution < -0.4 is 5.32 Å². The number of carbonyl (C=O) groups is 1. The number of rotatable bonds is 6. The second kappa shape index (κ2) is 8.86. The minimum atomic E-state index is 0.236. The highest BCUT2D eigenvalue weighted by Crippen LogP contribution is 2.39. The number of benzene rings is 1. The fourth-order valence-electron chi connectivity index (χ4n) is 4.76. The summed E-state index contributed by atoms with van der Waals surface area (Å²) in [5, 5.41) is 4.57. The normalized spacial score (nSPS) is 20.6. The molecule has 2 aromatic rings. The number of nitrogens with one attached hydrogen (secondary N) is 1. The van der Waals surface area contributed by atoms with E-state index in [4.69, 9.17) is 0 Å². The molecule has 0 bridgehead atoms. The first-order valence-corrected chi connectivity index (χ1v) is 10.6. The lowest BCUT2D eigenvalue weighted by atomic mass is 9.76. The van der Waals surface area contributed by atoms with Crippen molar-refractivity contribution < 1.29 is 4.79 Å². The highest BCUT2D eigenvalue weighted by Gasteiger charge is 2.26. The second-order valence-corrected chi connectivity index (χ2v) is 8.92. The molecule has 0 spiro atoms. The van der Waals surface area contributed by atoms with Crippen molar-refractivity contribution in [3.63, 3.8) is 0 Å². The van der Waals surface area contributed by atoms with Crippen LogP contribution in [0.3, 0.4) is 0 Å². The largest absolute Gasteiger partial charge is 0.353 e. The average Bonchev–Trinajstić information content (AvgIpc) is 2.66. The van der Waals surface area contributed by atoms with Crippen molar-refractivity contribution in [1.82, 2.24) is 10.3 Å². The Morgan fingerprint density at radius 3 is 2.37 bits per heavy atom. The number of hydrogen-bond donors (Lipinski definition) is 1.